The second-order valence-electron chi connectivity index (χ2n) is 12.7. The van der Waals surface area contributed by atoms with E-state index in [1.807, 2.05) is 12.4 Å². The topological polar surface area (TPSA) is 96.2 Å². The summed E-state index contributed by atoms with van der Waals surface area (Å²) in [7, 11) is 8.69. The summed E-state index contributed by atoms with van der Waals surface area (Å²) < 4.78 is 0. The minimum Gasteiger partial charge on any atom is -0.395 e. The third-order valence-electron chi connectivity index (χ3n) is 9.18. The lowest BCUT2D eigenvalue weighted by atomic mass is 9.98. The van der Waals surface area contributed by atoms with Crippen LogP contribution >= 0.6 is 0 Å². The third-order valence-corrected chi connectivity index (χ3v) is 9.18. The quantitative estimate of drug-likeness (QED) is 0.427. The van der Waals surface area contributed by atoms with E-state index in [0.29, 0.717) is 12.2 Å². The number of hydrogen-bond donors (Lipinski definition) is 4. The molecule has 4 unspecified atom stereocenters. The van der Waals surface area contributed by atoms with E-state index < -0.39 is 0 Å². The number of piperidine rings is 2. The maximum atomic E-state index is 8.52. The van der Waals surface area contributed by atoms with E-state index in [9.17, 15) is 0 Å². The molecule has 0 spiro atoms. The summed E-state index contributed by atoms with van der Waals surface area (Å²) in [5, 5.41) is 15.4. The number of likely N-dealkylation sites (N-methyl/N-ethyl adjacent to an activating group) is 3. The van der Waals surface area contributed by atoms with Crippen LogP contribution in [-0.2, 0) is 0 Å². The standard InChI is InChI=1S/C10H14N2.C7H16N2O.C7H14N2.C7H16N2/c1-12-7-4-10(8-12)9-2-5-11-6-3-9;1-9-4-2-7(6-9)8-3-5-10;1-9-5-6-3-2-4-7(9)8-6;1-9-4-2-7(6-8)3-5-9/h2-3,5-6,10H,4,7-8H2,1H3;7-8,10H,2-6H2,1H3;6-8H,2-5H2,1H3;7H,2-6,8H2,1H3. The Hall–Kier alpha value is -1.17. The van der Waals surface area contributed by atoms with E-state index >= 15 is 0 Å². The number of aliphatic hydroxyl groups is 1. The molecule has 40 heavy (non-hydrogen) atoms. The highest BCUT2D eigenvalue weighted by molar-refractivity contribution is 5.17. The number of pyridine rings is 1. The minimum atomic E-state index is 0.250. The Morgan fingerprint density at radius 1 is 0.875 bits per heavy atom. The SMILES string of the molecule is CN1CC2CCCC1N2.CN1CCC(CN)CC1.CN1CCC(NCCO)C1.CN1CCC(c2ccncc2)C1. The Labute approximate surface area is 244 Å². The molecule has 1 aromatic heterocycles. The fourth-order valence-corrected chi connectivity index (χ4v) is 6.47. The van der Waals surface area contributed by atoms with Crippen LogP contribution in [0, 0.1) is 5.92 Å². The number of rotatable bonds is 5. The molecule has 6 rings (SSSR count). The van der Waals surface area contributed by atoms with Gasteiger partial charge in [-0.15, -0.1) is 0 Å². The zero-order valence-electron chi connectivity index (χ0n) is 26.0. The van der Waals surface area contributed by atoms with Crippen molar-refractivity contribution in [3.63, 3.8) is 0 Å². The molecule has 230 valence electrons. The number of nitrogens with zero attached hydrogens (tertiary/aromatic N) is 5. The van der Waals surface area contributed by atoms with Crippen LogP contribution in [0.3, 0.4) is 0 Å². The van der Waals surface area contributed by atoms with Gasteiger partial charge in [0, 0.05) is 50.7 Å². The van der Waals surface area contributed by atoms with E-state index in [1.165, 1.54) is 89.8 Å². The van der Waals surface area contributed by atoms with Gasteiger partial charge >= 0.3 is 0 Å². The smallest absolute Gasteiger partial charge is 0.0597 e. The van der Waals surface area contributed by atoms with Crippen molar-refractivity contribution in [3.05, 3.63) is 30.1 Å². The molecule has 5 aliphatic rings. The van der Waals surface area contributed by atoms with Crippen molar-refractivity contribution < 1.29 is 5.11 Å². The van der Waals surface area contributed by atoms with Crippen molar-refractivity contribution >= 4 is 0 Å². The lowest BCUT2D eigenvalue weighted by Crippen LogP contribution is -2.37. The number of aromatic nitrogens is 1. The van der Waals surface area contributed by atoms with Crippen LogP contribution in [0.4, 0.5) is 0 Å². The first kappa shape index (κ1) is 33.3. The van der Waals surface area contributed by atoms with Crippen molar-refractivity contribution in [1.82, 2.24) is 35.2 Å². The predicted molar refractivity (Wildman–Crippen MR) is 167 cm³/mol. The highest BCUT2D eigenvalue weighted by atomic mass is 16.3. The van der Waals surface area contributed by atoms with Crippen molar-refractivity contribution in [1.29, 1.82) is 0 Å². The highest BCUT2D eigenvalue weighted by Gasteiger charge is 2.31. The van der Waals surface area contributed by atoms with Gasteiger partial charge < -0.3 is 30.9 Å². The number of likely N-dealkylation sites (tertiary alicyclic amines) is 4. The Balaban J connectivity index is 0.000000148. The Kier molecular flexibility index (Phi) is 15.3. The van der Waals surface area contributed by atoms with E-state index in [0.717, 1.165) is 37.5 Å². The Morgan fingerprint density at radius 2 is 1.55 bits per heavy atom. The van der Waals surface area contributed by atoms with Crippen LogP contribution < -0.4 is 16.4 Å². The van der Waals surface area contributed by atoms with Crippen LogP contribution in [0.2, 0.25) is 0 Å². The van der Waals surface area contributed by atoms with E-state index in [4.69, 9.17) is 10.8 Å². The number of nitrogens with one attached hydrogen (secondary N) is 2. The first-order valence-electron chi connectivity index (χ1n) is 15.8. The molecule has 4 atom stereocenters. The molecule has 0 aromatic carbocycles. The Bertz CT molecular complexity index is 776. The monoisotopic (exact) mass is 560 g/mol. The fourth-order valence-electron chi connectivity index (χ4n) is 6.47. The average molecular weight is 561 g/mol. The molecule has 5 fully saturated rings. The fraction of sp³-hybridized carbons (Fsp3) is 0.839. The summed E-state index contributed by atoms with van der Waals surface area (Å²) in [4.78, 5) is 13.5. The van der Waals surface area contributed by atoms with Crippen molar-refractivity contribution in [2.75, 3.05) is 93.7 Å². The lowest BCUT2D eigenvalue weighted by Gasteiger charge is -2.27. The first-order valence-corrected chi connectivity index (χ1v) is 15.8. The summed E-state index contributed by atoms with van der Waals surface area (Å²) >= 11 is 0. The normalized spacial score (nSPS) is 29.6. The van der Waals surface area contributed by atoms with Gasteiger partial charge in [0.15, 0.2) is 0 Å². The molecule has 2 bridgehead atoms. The highest BCUT2D eigenvalue weighted by Crippen LogP contribution is 2.25. The van der Waals surface area contributed by atoms with Gasteiger partial charge in [0.1, 0.15) is 0 Å². The molecular formula is C31H60N8O. The second kappa shape index (κ2) is 18.4. The summed E-state index contributed by atoms with van der Waals surface area (Å²) in [6, 6.07) is 5.68. The summed E-state index contributed by atoms with van der Waals surface area (Å²) in [5.41, 5.74) is 6.97. The number of nitrogens with two attached hydrogens (primary N) is 1. The van der Waals surface area contributed by atoms with Crippen molar-refractivity contribution in [2.24, 2.45) is 11.7 Å². The third kappa shape index (κ3) is 12.0. The zero-order valence-corrected chi connectivity index (χ0v) is 26.0. The number of fused-ring (bicyclic) bond motifs is 2. The summed E-state index contributed by atoms with van der Waals surface area (Å²) in [5.74, 6) is 1.54. The Morgan fingerprint density at radius 3 is 2.10 bits per heavy atom. The van der Waals surface area contributed by atoms with Crippen LogP contribution in [0.1, 0.15) is 56.4 Å². The maximum absolute atomic E-state index is 8.52. The molecule has 0 aliphatic carbocycles. The van der Waals surface area contributed by atoms with Gasteiger partial charge in [0.05, 0.1) is 12.8 Å². The molecule has 5 saturated heterocycles. The van der Waals surface area contributed by atoms with E-state index in [1.54, 1.807) is 0 Å². The van der Waals surface area contributed by atoms with Crippen molar-refractivity contribution in [3.8, 4) is 0 Å². The van der Waals surface area contributed by atoms with Crippen LogP contribution in [0.25, 0.3) is 0 Å². The summed E-state index contributed by atoms with van der Waals surface area (Å²) in [6.07, 6.45) is 13.8. The second-order valence-corrected chi connectivity index (χ2v) is 12.7. The van der Waals surface area contributed by atoms with Gasteiger partial charge in [-0.2, -0.15) is 0 Å². The maximum Gasteiger partial charge on any atom is 0.0597 e. The molecule has 1 aromatic rings. The van der Waals surface area contributed by atoms with Crippen molar-refractivity contribution in [2.45, 2.75) is 69.1 Å². The molecule has 6 heterocycles. The van der Waals surface area contributed by atoms with Gasteiger partial charge in [-0.1, -0.05) is 0 Å². The van der Waals surface area contributed by atoms with Gasteiger partial charge in [0.2, 0.25) is 0 Å². The minimum absolute atomic E-state index is 0.250. The largest absolute Gasteiger partial charge is 0.395 e. The molecule has 9 heteroatoms. The molecule has 5 N–H and O–H groups in total. The average Bonchev–Trinajstić information content (AvgIpc) is 3.67. The van der Waals surface area contributed by atoms with Crippen LogP contribution in [-0.4, -0.2) is 142 Å². The van der Waals surface area contributed by atoms with Gasteiger partial charge in [-0.3, -0.25) is 15.2 Å². The molecule has 9 nitrogen and oxygen atoms in total. The van der Waals surface area contributed by atoms with Crippen LogP contribution in [0.15, 0.2) is 24.5 Å². The molecular weight excluding hydrogens is 500 g/mol. The summed E-state index contributed by atoms with van der Waals surface area (Å²) in [6.45, 7) is 10.3. The molecule has 0 saturated carbocycles. The molecule has 5 aliphatic heterocycles. The molecule has 0 radical (unpaired) electrons. The predicted octanol–water partition coefficient (Wildman–Crippen LogP) is 1.46. The lowest BCUT2D eigenvalue weighted by molar-refractivity contribution is 0.223. The van der Waals surface area contributed by atoms with Gasteiger partial charge in [-0.25, -0.2) is 0 Å². The zero-order chi connectivity index (χ0) is 28.7. The number of aliphatic hydroxyl groups excluding tert-OH is 1. The molecule has 0 amide bonds. The first-order chi connectivity index (χ1) is 19.4. The van der Waals surface area contributed by atoms with E-state index in [2.05, 4.69) is 75.5 Å². The number of hydrogen-bond acceptors (Lipinski definition) is 9. The van der Waals surface area contributed by atoms with Gasteiger partial charge in [0.25, 0.3) is 0 Å². The van der Waals surface area contributed by atoms with Crippen LogP contribution in [0.5, 0.6) is 0 Å². The van der Waals surface area contributed by atoms with E-state index in [-0.39, 0.29) is 6.61 Å². The van der Waals surface area contributed by atoms with Gasteiger partial charge in [-0.05, 0) is 135 Å².